The van der Waals surface area contributed by atoms with Crippen LogP contribution >= 0.6 is 12.6 Å². The smallest absolute Gasteiger partial charge is 0.157 e. The second kappa shape index (κ2) is 8.18. The largest absolute Gasteiger partial charge is 0.297 e. The van der Waals surface area contributed by atoms with Crippen LogP contribution in [0.5, 0.6) is 0 Å². The summed E-state index contributed by atoms with van der Waals surface area (Å²) in [6, 6.07) is 12.1. The highest BCUT2D eigenvalue weighted by Crippen LogP contribution is 2.39. The molecule has 1 aromatic heterocycles. The minimum atomic E-state index is -0.525. The maximum absolute atomic E-state index is 14.6. The van der Waals surface area contributed by atoms with Gasteiger partial charge < -0.3 is 0 Å². The first-order chi connectivity index (χ1) is 13.5. The highest BCUT2D eigenvalue weighted by molar-refractivity contribution is 7.81. The molecule has 4 rings (SSSR count). The number of pyridine rings is 1. The number of aryl methyl sites for hydroxylation is 1. The Labute approximate surface area is 171 Å². The maximum atomic E-state index is 14.6. The fourth-order valence-electron chi connectivity index (χ4n) is 3.91. The van der Waals surface area contributed by atoms with E-state index in [0.717, 1.165) is 42.8 Å². The van der Waals surface area contributed by atoms with Crippen molar-refractivity contribution in [3.05, 3.63) is 70.8 Å². The fraction of sp³-hybridized carbons (Fsp3) is 0.391. The van der Waals surface area contributed by atoms with Crippen molar-refractivity contribution < 1.29 is 9.18 Å². The Morgan fingerprint density at radius 2 is 2.00 bits per heavy atom. The molecule has 5 heteroatoms. The molecule has 0 bridgehead atoms. The van der Waals surface area contributed by atoms with Gasteiger partial charge in [-0.2, -0.15) is 12.6 Å². The van der Waals surface area contributed by atoms with Crippen LogP contribution in [0.1, 0.15) is 42.3 Å². The topological polar surface area (TPSA) is 33.2 Å². The molecule has 3 nitrogen and oxygen atoms in total. The van der Waals surface area contributed by atoms with Crippen molar-refractivity contribution in [2.45, 2.75) is 37.5 Å². The average molecular weight is 397 g/mol. The van der Waals surface area contributed by atoms with Crippen molar-refractivity contribution in [2.24, 2.45) is 5.92 Å². The molecule has 0 spiro atoms. The molecule has 146 valence electrons. The van der Waals surface area contributed by atoms with Gasteiger partial charge in [-0.15, -0.1) is 0 Å². The Balaban J connectivity index is 1.65. The number of carbonyl (C=O) groups excluding carboxylic acids is 1. The van der Waals surface area contributed by atoms with Crippen LogP contribution in [0.2, 0.25) is 0 Å². The van der Waals surface area contributed by atoms with E-state index in [1.54, 1.807) is 12.1 Å². The third-order valence-electron chi connectivity index (χ3n) is 5.56. The van der Waals surface area contributed by atoms with Gasteiger partial charge in [-0.1, -0.05) is 24.3 Å². The Kier molecular flexibility index (Phi) is 5.65. The molecule has 2 aliphatic rings. The molecule has 2 aromatic rings. The minimum Gasteiger partial charge on any atom is -0.297 e. The summed E-state index contributed by atoms with van der Waals surface area (Å²) in [5.74, 6) is -0.0830. The molecule has 1 saturated carbocycles. The van der Waals surface area contributed by atoms with Gasteiger partial charge in [0.25, 0.3) is 0 Å². The number of likely N-dealkylation sites (tertiary alicyclic amines) is 1. The van der Waals surface area contributed by atoms with Crippen molar-refractivity contribution in [3.8, 4) is 0 Å². The van der Waals surface area contributed by atoms with Crippen LogP contribution in [-0.2, 0) is 4.79 Å². The molecule has 28 heavy (non-hydrogen) atoms. The van der Waals surface area contributed by atoms with E-state index < -0.39 is 6.04 Å². The molecule has 1 aromatic carbocycles. The lowest BCUT2D eigenvalue weighted by Crippen LogP contribution is -2.42. The van der Waals surface area contributed by atoms with E-state index in [4.69, 9.17) is 12.6 Å². The lowest BCUT2D eigenvalue weighted by molar-refractivity contribution is -0.126. The van der Waals surface area contributed by atoms with Gasteiger partial charge in [-0.3, -0.25) is 14.7 Å². The first-order valence-electron chi connectivity index (χ1n) is 9.87. The van der Waals surface area contributed by atoms with Gasteiger partial charge in [0.1, 0.15) is 5.82 Å². The van der Waals surface area contributed by atoms with Crippen molar-refractivity contribution in [1.82, 2.24) is 9.88 Å². The van der Waals surface area contributed by atoms with Gasteiger partial charge in [0.05, 0.1) is 11.7 Å². The van der Waals surface area contributed by atoms with Crippen LogP contribution in [0.3, 0.4) is 0 Å². The molecule has 0 amide bonds. The lowest BCUT2D eigenvalue weighted by Gasteiger charge is -2.37. The molecular formula is C23H25FN2OS. The predicted molar refractivity (Wildman–Crippen MR) is 113 cm³/mol. The highest BCUT2D eigenvalue weighted by atomic mass is 32.1. The van der Waals surface area contributed by atoms with Gasteiger partial charge in [0.15, 0.2) is 5.78 Å². The summed E-state index contributed by atoms with van der Waals surface area (Å²) in [6.45, 7) is 3.29. The number of hydrogen-bond donors (Lipinski definition) is 1. The normalized spacial score (nSPS) is 23.0. The van der Waals surface area contributed by atoms with Gasteiger partial charge in [0, 0.05) is 35.5 Å². The van der Waals surface area contributed by atoms with Crippen molar-refractivity contribution in [3.63, 3.8) is 0 Å². The molecule has 0 N–H and O–H groups in total. The average Bonchev–Trinajstić information content (AvgIpc) is 3.51. The van der Waals surface area contributed by atoms with Crippen LogP contribution < -0.4 is 0 Å². The van der Waals surface area contributed by atoms with Gasteiger partial charge in [-0.05, 0) is 56.0 Å². The number of hydrogen-bond acceptors (Lipinski definition) is 4. The zero-order valence-electron chi connectivity index (χ0n) is 16.0. The Morgan fingerprint density at radius 1 is 1.21 bits per heavy atom. The summed E-state index contributed by atoms with van der Waals surface area (Å²) < 4.78 is 14.6. The highest BCUT2D eigenvalue weighted by Gasteiger charge is 2.40. The lowest BCUT2D eigenvalue weighted by atomic mass is 9.93. The van der Waals surface area contributed by atoms with E-state index in [1.807, 2.05) is 31.2 Å². The van der Waals surface area contributed by atoms with E-state index in [2.05, 4.69) is 16.0 Å². The first kappa shape index (κ1) is 19.3. The molecule has 2 atom stereocenters. The number of nitrogens with zero attached hydrogens (tertiary/aromatic N) is 2. The summed E-state index contributed by atoms with van der Waals surface area (Å²) >= 11 is 4.75. The number of piperidine rings is 1. The monoisotopic (exact) mass is 396 g/mol. The first-order valence-corrected chi connectivity index (χ1v) is 10.4. The SMILES string of the molecule is Cc1cccc(/C=C2/CN(C(C(=O)C3CC3)c3ccccc3F)CCC2S)n1. The second-order valence-electron chi connectivity index (χ2n) is 7.80. The van der Waals surface area contributed by atoms with Crippen LogP contribution in [-0.4, -0.2) is 34.0 Å². The summed E-state index contributed by atoms with van der Waals surface area (Å²) in [5.41, 5.74) is 3.47. The van der Waals surface area contributed by atoms with E-state index in [1.165, 1.54) is 6.07 Å². The third kappa shape index (κ3) is 4.20. The van der Waals surface area contributed by atoms with Crippen molar-refractivity contribution >= 4 is 24.5 Å². The van der Waals surface area contributed by atoms with E-state index >= 15 is 0 Å². The summed E-state index contributed by atoms with van der Waals surface area (Å²) in [4.78, 5) is 19.8. The number of rotatable bonds is 5. The van der Waals surface area contributed by atoms with E-state index in [9.17, 15) is 9.18 Å². The number of halogens is 1. The molecule has 2 fully saturated rings. The number of thiol groups is 1. The van der Waals surface area contributed by atoms with Crippen LogP contribution in [0.15, 0.2) is 48.0 Å². The summed E-state index contributed by atoms with van der Waals surface area (Å²) in [5, 5.41) is 0.121. The van der Waals surface area contributed by atoms with Crippen molar-refractivity contribution in [1.29, 1.82) is 0 Å². The van der Waals surface area contributed by atoms with E-state index in [-0.39, 0.29) is 22.8 Å². The predicted octanol–water partition coefficient (Wildman–Crippen LogP) is 4.64. The maximum Gasteiger partial charge on any atom is 0.157 e. The van der Waals surface area contributed by atoms with Crippen molar-refractivity contribution in [2.75, 3.05) is 13.1 Å². The zero-order chi connectivity index (χ0) is 19.7. The Bertz CT molecular complexity index is 909. The van der Waals surface area contributed by atoms with Crippen LogP contribution in [0.4, 0.5) is 4.39 Å². The van der Waals surface area contributed by atoms with Gasteiger partial charge in [0.2, 0.25) is 0 Å². The molecule has 2 heterocycles. The summed E-state index contributed by atoms with van der Waals surface area (Å²) in [7, 11) is 0. The van der Waals surface area contributed by atoms with E-state index in [0.29, 0.717) is 12.1 Å². The number of Topliss-reactive ketones (excluding diaryl/α,β-unsaturated/α-hetero) is 1. The van der Waals surface area contributed by atoms with Gasteiger partial charge >= 0.3 is 0 Å². The minimum absolute atomic E-state index is 0.0733. The van der Waals surface area contributed by atoms with Crippen LogP contribution in [0.25, 0.3) is 6.08 Å². The fourth-order valence-corrected chi connectivity index (χ4v) is 4.18. The number of ketones is 1. The number of aromatic nitrogens is 1. The Hall–Kier alpha value is -1.98. The molecule has 0 radical (unpaired) electrons. The molecule has 1 saturated heterocycles. The Morgan fingerprint density at radius 3 is 2.71 bits per heavy atom. The molecule has 2 unspecified atom stereocenters. The zero-order valence-corrected chi connectivity index (χ0v) is 16.9. The second-order valence-corrected chi connectivity index (χ2v) is 8.42. The van der Waals surface area contributed by atoms with Gasteiger partial charge in [-0.25, -0.2) is 4.39 Å². The standard InChI is InChI=1S/C23H25FN2OS/c1-15-5-4-6-18(25-15)13-17-14-26(12-11-21(17)28)22(23(27)16-9-10-16)19-7-2-3-8-20(19)24/h2-8,13,16,21-22,28H,9-12,14H2,1H3/b17-13-. The molecule has 1 aliphatic heterocycles. The summed E-state index contributed by atoms with van der Waals surface area (Å²) in [6.07, 6.45) is 4.73. The quantitative estimate of drug-likeness (QED) is 0.748. The number of carbonyl (C=O) groups is 1. The molecular weight excluding hydrogens is 371 g/mol. The van der Waals surface area contributed by atoms with Crippen LogP contribution in [0, 0.1) is 18.7 Å². The molecule has 1 aliphatic carbocycles. The third-order valence-corrected chi connectivity index (χ3v) is 6.15. The number of benzene rings is 1.